The molecule has 0 radical (unpaired) electrons. The Morgan fingerprint density at radius 3 is 2.38 bits per heavy atom. The van der Waals surface area contributed by atoms with Crippen LogP contribution in [-0.2, 0) is 16.0 Å². The summed E-state index contributed by atoms with van der Waals surface area (Å²) < 4.78 is 0. The Bertz CT molecular complexity index is 559. The van der Waals surface area contributed by atoms with Gasteiger partial charge in [-0.3, -0.25) is 9.59 Å². The third kappa shape index (κ3) is 4.95. The van der Waals surface area contributed by atoms with Crippen LogP contribution in [0.4, 0.5) is 0 Å². The van der Waals surface area contributed by atoms with E-state index in [1.165, 1.54) is 0 Å². The molecule has 1 aliphatic heterocycles. The van der Waals surface area contributed by atoms with E-state index in [9.17, 15) is 9.59 Å². The Morgan fingerprint density at radius 2 is 1.83 bits per heavy atom. The Balaban J connectivity index is 0.00000208. The number of amides is 2. The van der Waals surface area contributed by atoms with Crippen molar-refractivity contribution in [3.8, 4) is 0 Å². The summed E-state index contributed by atoms with van der Waals surface area (Å²) in [6.07, 6.45) is 2.62. The molecule has 0 bridgehead atoms. The summed E-state index contributed by atoms with van der Waals surface area (Å²) in [5, 5.41) is 9.17. The van der Waals surface area contributed by atoms with Gasteiger partial charge in [0.2, 0.25) is 11.8 Å². The Morgan fingerprint density at radius 1 is 1.17 bits per heavy atom. The van der Waals surface area contributed by atoms with Crippen LogP contribution in [0.1, 0.15) is 25.3 Å². The van der Waals surface area contributed by atoms with E-state index in [-0.39, 0.29) is 30.1 Å². The minimum Gasteiger partial charge on any atom is -0.352 e. The van der Waals surface area contributed by atoms with E-state index in [4.69, 9.17) is 0 Å². The molecule has 0 spiro atoms. The van der Waals surface area contributed by atoms with E-state index in [1.54, 1.807) is 0 Å². The van der Waals surface area contributed by atoms with Crippen LogP contribution >= 0.6 is 12.4 Å². The van der Waals surface area contributed by atoms with Crippen molar-refractivity contribution in [3.63, 3.8) is 0 Å². The van der Waals surface area contributed by atoms with Gasteiger partial charge in [0.05, 0.1) is 0 Å². The zero-order chi connectivity index (χ0) is 16.2. The smallest absolute Gasteiger partial charge is 0.243 e. The first-order chi connectivity index (χ1) is 11.1. The van der Waals surface area contributed by atoms with Crippen LogP contribution in [0.3, 0.4) is 0 Å². The van der Waals surface area contributed by atoms with Gasteiger partial charge in [-0.05, 0) is 37.4 Å². The molecule has 2 fully saturated rings. The molecule has 24 heavy (non-hydrogen) atoms. The van der Waals surface area contributed by atoms with Crippen molar-refractivity contribution in [2.45, 2.75) is 38.3 Å². The second-order valence-corrected chi connectivity index (χ2v) is 6.74. The lowest BCUT2D eigenvalue weighted by molar-refractivity contribution is -0.132. The van der Waals surface area contributed by atoms with Gasteiger partial charge in [0.25, 0.3) is 0 Å². The van der Waals surface area contributed by atoms with E-state index in [0.717, 1.165) is 31.5 Å². The van der Waals surface area contributed by atoms with E-state index >= 15 is 0 Å². The van der Waals surface area contributed by atoms with Crippen LogP contribution in [0, 0.1) is 11.8 Å². The number of nitrogens with one attached hydrogen (secondary N) is 3. The third-order valence-corrected chi connectivity index (χ3v) is 4.77. The number of hydrogen-bond acceptors (Lipinski definition) is 3. The van der Waals surface area contributed by atoms with E-state index in [1.807, 2.05) is 37.3 Å². The summed E-state index contributed by atoms with van der Waals surface area (Å²) in [4.78, 5) is 24.9. The summed E-state index contributed by atoms with van der Waals surface area (Å²) in [5.41, 5.74) is 1.06. The SMILES string of the molecule is CC(C(=O)NC(Cc1ccccc1)C(=O)NC1CC1)C1CNC1.Cl. The van der Waals surface area contributed by atoms with Crippen molar-refractivity contribution in [1.29, 1.82) is 0 Å². The highest BCUT2D eigenvalue weighted by molar-refractivity contribution is 5.89. The Kier molecular flexibility index (Phi) is 6.63. The molecular weight excluding hydrogens is 326 g/mol. The second-order valence-electron chi connectivity index (χ2n) is 6.74. The van der Waals surface area contributed by atoms with Crippen molar-refractivity contribution in [2.75, 3.05) is 13.1 Å². The molecule has 1 aromatic rings. The standard InChI is InChI=1S/C18H25N3O2.ClH/c1-12(14-10-19-11-14)17(22)21-16(18(23)20-15-7-8-15)9-13-5-3-2-4-6-13;/h2-6,12,14-16,19H,7-11H2,1H3,(H,20,23)(H,21,22);1H. The highest BCUT2D eigenvalue weighted by atomic mass is 35.5. The summed E-state index contributed by atoms with van der Waals surface area (Å²) in [7, 11) is 0. The summed E-state index contributed by atoms with van der Waals surface area (Å²) >= 11 is 0. The Labute approximate surface area is 149 Å². The number of rotatable bonds is 7. The summed E-state index contributed by atoms with van der Waals surface area (Å²) in [6, 6.07) is 9.64. The molecule has 2 atom stereocenters. The lowest BCUT2D eigenvalue weighted by Gasteiger charge is -2.32. The first kappa shape index (κ1) is 18.7. The zero-order valence-electron chi connectivity index (χ0n) is 14.0. The van der Waals surface area contributed by atoms with Crippen molar-refractivity contribution in [3.05, 3.63) is 35.9 Å². The van der Waals surface area contributed by atoms with Gasteiger partial charge in [0.15, 0.2) is 0 Å². The molecule has 2 amide bonds. The fraction of sp³-hybridized carbons (Fsp3) is 0.556. The van der Waals surface area contributed by atoms with Crippen LogP contribution < -0.4 is 16.0 Å². The van der Waals surface area contributed by atoms with Gasteiger partial charge in [-0.15, -0.1) is 12.4 Å². The molecule has 2 aliphatic rings. The topological polar surface area (TPSA) is 70.2 Å². The molecule has 3 N–H and O–H groups in total. The minimum absolute atomic E-state index is 0. The highest BCUT2D eigenvalue weighted by Gasteiger charge is 2.32. The number of carbonyl (C=O) groups excluding carboxylic acids is 2. The lowest BCUT2D eigenvalue weighted by atomic mass is 9.88. The van der Waals surface area contributed by atoms with E-state index in [0.29, 0.717) is 18.4 Å². The lowest BCUT2D eigenvalue weighted by Crippen LogP contribution is -2.54. The quantitative estimate of drug-likeness (QED) is 0.693. The van der Waals surface area contributed by atoms with Crippen molar-refractivity contribution in [1.82, 2.24) is 16.0 Å². The minimum atomic E-state index is -0.499. The first-order valence-corrected chi connectivity index (χ1v) is 8.49. The average molecular weight is 352 g/mol. The Hall–Kier alpha value is -1.59. The molecule has 3 rings (SSSR count). The van der Waals surface area contributed by atoms with E-state index < -0.39 is 6.04 Å². The number of hydrogen-bond donors (Lipinski definition) is 3. The van der Waals surface area contributed by atoms with E-state index in [2.05, 4.69) is 16.0 Å². The molecule has 1 saturated carbocycles. The average Bonchev–Trinajstić information content (AvgIpc) is 3.29. The number of halogens is 1. The molecule has 5 nitrogen and oxygen atoms in total. The molecule has 132 valence electrons. The number of carbonyl (C=O) groups is 2. The van der Waals surface area contributed by atoms with Gasteiger partial charge in [0, 0.05) is 18.4 Å². The first-order valence-electron chi connectivity index (χ1n) is 8.49. The monoisotopic (exact) mass is 351 g/mol. The van der Waals surface area contributed by atoms with Gasteiger partial charge >= 0.3 is 0 Å². The van der Waals surface area contributed by atoms with Crippen molar-refractivity contribution >= 4 is 24.2 Å². The highest BCUT2D eigenvalue weighted by Crippen LogP contribution is 2.20. The van der Waals surface area contributed by atoms with Crippen molar-refractivity contribution < 1.29 is 9.59 Å². The number of benzene rings is 1. The van der Waals surface area contributed by atoms with Crippen LogP contribution in [0.25, 0.3) is 0 Å². The summed E-state index contributed by atoms with van der Waals surface area (Å²) in [5.74, 6) is 0.217. The molecular formula is C18H26ClN3O2. The fourth-order valence-corrected chi connectivity index (χ4v) is 2.77. The van der Waals surface area contributed by atoms with Crippen LogP contribution in [-0.4, -0.2) is 37.0 Å². The van der Waals surface area contributed by atoms with Gasteiger partial charge in [-0.1, -0.05) is 37.3 Å². The molecule has 1 aliphatic carbocycles. The zero-order valence-corrected chi connectivity index (χ0v) is 14.8. The van der Waals surface area contributed by atoms with Gasteiger partial charge in [0.1, 0.15) is 6.04 Å². The molecule has 1 heterocycles. The van der Waals surface area contributed by atoms with Gasteiger partial charge < -0.3 is 16.0 Å². The predicted octanol–water partition coefficient (Wildman–Crippen LogP) is 1.27. The molecule has 6 heteroatoms. The maximum absolute atomic E-state index is 12.5. The molecule has 0 aromatic heterocycles. The maximum atomic E-state index is 12.5. The maximum Gasteiger partial charge on any atom is 0.243 e. The molecule has 1 saturated heterocycles. The fourth-order valence-electron chi connectivity index (χ4n) is 2.77. The molecule has 2 unspecified atom stereocenters. The summed E-state index contributed by atoms with van der Waals surface area (Å²) in [6.45, 7) is 3.71. The van der Waals surface area contributed by atoms with Crippen molar-refractivity contribution in [2.24, 2.45) is 11.8 Å². The molecule has 1 aromatic carbocycles. The normalized spacial score (nSPS) is 19.4. The third-order valence-electron chi connectivity index (χ3n) is 4.77. The van der Waals surface area contributed by atoms with Crippen LogP contribution in [0.15, 0.2) is 30.3 Å². The van der Waals surface area contributed by atoms with Gasteiger partial charge in [-0.2, -0.15) is 0 Å². The van der Waals surface area contributed by atoms with Gasteiger partial charge in [-0.25, -0.2) is 0 Å². The largest absolute Gasteiger partial charge is 0.352 e. The van der Waals surface area contributed by atoms with Crippen LogP contribution in [0.5, 0.6) is 0 Å². The second kappa shape index (κ2) is 8.49. The predicted molar refractivity (Wildman–Crippen MR) is 96.0 cm³/mol. The van der Waals surface area contributed by atoms with Crippen LogP contribution in [0.2, 0.25) is 0 Å².